The summed E-state index contributed by atoms with van der Waals surface area (Å²) in [7, 11) is 1.81. The molecule has 0 saturated carbocycles. The number of aryl methyl sites for hydroxylation is 2. The first-order valence-corrected chi connectivity index (χ1v) is 10.1. The van der Waals surface area contributed by atoms with E-state index in [1.165, 1.54) is 18.5 Å². The Kier molecular flexibility index (Phi) is 4.47. The van der Waals surface area contributed by atoms with E-state index in [9.17, 15) is 4.39 Å². The van der Waals surface area contributed by atoms with E-state index in [0.29, 0.717) is 28.8 Å². The minimum atomic E-state index is -0.317. The lowest BCUT2D eigenvalue weighted by atomic mass is 10.1. The zero-order chi connectivity index (χ0) is 20.7. The average molecular weight is 421 g/mol. The summed E-state index contributed by atoms with van der Waals surface area (Å²) in [6.45, 7) is 2.09. The van der Waals surface area contributed by atoms with Crippen molar-refractivity contribution >= 4 is 16.9 Å². The van der Waals surface area contributed by atoms with Crippen molar-refractivity contribution in [3.05, 3.63) is 64.8 Å². The lowest BCUT2D eigenvalue weighted by Crippen LogP contribution is -2.05. The number of aromatic nitrogens is 7. The predicted octanol–water partition coefficient (Wildman–Crippen LogP) is 3.67. The van der Waals surface area contributed by atoms with Gasteiger partial charge in [0.05, 0.1) is 11.3 Å². The molecule has 1 aromatic carbocycles. The predicted molar refractivity (Wildman–Crippen MR) is 110 cm³/mol. The fourth-order valence-electron chi connectivity index (χ4n) is 3.23. The molecule has 4 heterocycles. The number of benzene rings is 1. The van der Waals surface area contributed by atoms with Crippen LogP contribution in [0.1, 0.15) is 11.5 Å². The van der Waals surface area contributed by atoms with Crippen LogP contribution in [0, 0.1) is 12.7 Å². The minimum Gasteiger partial charge on any atom is -0.468 e. The van der Waals surface area contributed by atoms with Crippen LogP contribution in [0.5, 0.6) is 5.88 Å². The van der Waals surface area contributed by atoms with Gasteiger partial charge in [-0.15, -0.1) is 10.2 Å². The number of rotatable bonds is 5. The molecule has 0 aliphatic carbocycles. The second-order valence-electron chi connectivity index (χ2n) is 6.66. The molecule has 0 aliphatic rings. The molecule has 0 saturated heterocycles. The van der Waals surface area contributed by atoms with Crippen LogP contribution >= 0.6 is 11.3 Å². The highest BCUT2D eigenvalue weighted by Gasteiger charge is 2.22. The van der Waals surface area contributed by atoms with Crippen molar-refractivity contribution in [2.24, 2.45) is 7.05 Å². The number of nitrogens with zero attached hydrogens (tertiary/aromatic N) is 7. The van der Waals surface area contributed by atoms with Crippen molar-refractivity contribution in [2.45, 2.75) is 13.5 Å². The summed E-state index contributed by atoms with van der Waals surface area (Å²) < 4.78 is 22.8. The average Bonchev–Trinajstić information content (AvgIpc) is 3.47. The smallest absolute Gasteiger partial charge is 0.242 e. The molecule has 5 rings (SSSR count). The van der Waals surface area contributed by atoms with Crippen molar-refractivity contribution in [2.75, 3.05) is 0 Å². The summed E-state index contributed by atoms with van der Waals surface area (Å²) >= 11 is 1.58. The highest BCUT2D eigenvalue weighted by molar-refractivity contribution is 7.08. The third kappa shape index (κ3) is 3.11. The van der Waals surface area contributed by atoms with E-state index in [-0.39, 0.29) is 12.4 Å². The zero-order valence-electron chi connectivity index (χ0n) is 16.2. The molecule has 8 nitrogen and oxygen atoms in total. The molecule has 0 unspecified atom stereocenters. The third-order valence-corrected chi connectivity index (χ3v) is 5.43. The first-order chi connectivity index (χ1) is 14.6. The van der Waals surface area contributed by atoms with Gasteiger partial charge in [0.15, 0.2) is 11.6 Å². The van der Waals surface area contributed by atoms with Gasteiger partial charge in [0.2, 0.25) is 5.88 Å². The number of hydrogen-bond acceptors (Lipinski definition) is 7. The van der Waals surface area contributed by atoms with Gasteiger partial charge in [-0.05, 0) is 48.0 Å². The molecule has 0 radical (unpaired) electrons. The highest BCUT2D eigenvalue weighted by Crippen LogP contribution is 2.37. The van der Waals surface area contributed by atoms with Gasteiger partial charge >= 0.3 is 0 Å². The molecule has 0 bridgehead atoms. The maximum Gasteiger partial charge on any atom is 0.242 e. The van der Waals surface area contributed by atoms with Crippen molar-refractivity contribution < 1.29 is 9.13 Å². The monoisotopic (exact) mass is 421 g/mol. The fraction of sp³-hybridized carbons (Fsp3) is 0.150. The molecule has 0 spiro atoms. The van der Waals surface area contributed by atoms with Crippen LogP contribution in [0.15, 0.2) is 47.4 Å². The van der Waals surface area contributed by atoms with Gasteiger partial charge in [-0.25, -0.2) is 13.9 Å². The van der Waals surface area contributed by atoms with E-state index in [1.54, 1.807) is 39.7 Å². The molecule has 0 aliphatic heterocycles. The van der Waals surface area contributed by atoms with Crippen molar-refractivity contribution in [1.29, 1.82) is 0 Å². The van der Waals surface area contributed by atoms with E-state index in [0.717, 1.165) is 16.6 Å². The Balaban J connectivity index is 1.69. The summed E-state index contributed by atoms with van der Waals surface area (Å²) in [5, 5.41) is 21.4. The topological polar surface area (TPSA) is 83.0 Å². The molecule has 0 fully saturated rings. The van der Waals surface area contributed by atoms with Crippen molar-refractivity contribution in [3.8, 4) is 28.4 Å². The molecule has 0 atom stereocenters. The van der Waals surface area contributed by atoms with Crippen LogP contribution < -0.4 is 4.74 Å². The lowest BCUT2D eigenvalue weighted by molar-refractivity contribution is 0.278. The molecule has 0 amide bonds. The van der Waals surface area contributed by atoms with Gasteiger partial charge in [-0.3, -0.25) is 4.68 Å². The molecule has 5 aromatic rings. The largest absolute Gasteiger partial charge is 0.468 e. The van der Waals surface area contributed by atoms with Gasteiger partial charge in [0.1, 0.15) is 24.3 Å². The fourth-order valence-corrected chi connectivity index (χ4v) is 3.87. The maximum atomic E-state index is 13.4. The van der Waals surface area contributed by atoms with Crippen LogP contribution in [0.3, 0.4) is 0 Å². The van der Waals surface area contributed by atoms with E-state index < -0.39 is 0 Å². The summed E-state index contributed by atoms with van der Waals surface area (Å²) in [6.07, 6.45) is 1.48. The normalized spacial score (nSPS) is 11.3. The molecule has 30 heavy (non-hydrogen) atoms. The van der Waals surface area contributed by atoms with E-state index in [4.69, 9.17) is 9.84 Å². The molecule has 0 N–H and O–H groups in total. The van der Waals surface area contributed by atoms with Crippen LogP contribution in [0.2, 0.25) is 0 Å². The standard InChI is InChI=1S/C20H16FN7OS/c1-12-18-17(14-7-8-30-10-14)20(29-9-16-22-11-23-27(16)2)26-28(18)19(25-24-12)13-3-5-15(21)6-4-13/h3-8,10-11H,9H2,1-2H3. The molecule has 4 aromatic heterocycles. The Labute approximate surface area is 174 Å². The Morgan fingerprint density at radius 1 is 1.10 bits per heavy atom. The summed E-state index contributed by atoms with van der Waals surface area (Å²) in [5.74, 6) is 1.30. The Morgan fingerprint density at radius 2 is 1.93 bits per heavy atom. The number of hydrogen-bond donors (Lipinski definition) is 0. The SMILES string of the molecule is Cc1nnc(-c2ccc(F)cc2)n2nc(OCc3ncnn3C)c(-c3ccsc3)c12. The zero-order valence-corrected chi connectivity index (χ0v) is 17.0. The molecule has 10 heteroatoms. The Morgan fingerprint density at radius 3 is 2.63 bits per heavy atom. The molecule has 150 valence electrons. The summed E-state index contributed by atoms with van der Waals surface area (Å²) in [5.41, 5.74) is 4.00. The van der Waals surface area contributed by atoms with Crippen molar-refractivity contribution in [1.82, 2.24) is 34.6 Å². The van der Waals surface area contributed by atoms with Crippen LogP contribution in [-0.2, 0) is 13.7 Å². The van der Waals surface area contributed by atoms with Gasteiger partial charge in [0.25, 0.3) is 0 Å². The van der Waals surface area contributed by atoms with Gasteiger partial charge in [-0.1, -0.05) is 0 Å². The van der Waals surface area contributed by atoms with Gasteiger partial charge in [0, 0.05) is 18.2 Å². The number of ether oxygens (including phenoxy) is 1. The summed E-state index contributed by atoms with van der Waals surface area (Å²) in [6, 6.07) is 8.09. The first-order valence-electron chi connectivity index (χ1n) is 9.12. The number of halogens is 1. The quantitative estimate of drug-likeness (QED) is 0.431. The summed E-state index contributed by atoms with van der Waals surface area (Å²) in [4.78, 5) is 4.20. The maximum absolute atomic E-state index is 13.4. The lowest BCUT2D eigenvalue weighted by Gasteiger charge is -2.06. The minimum absolute atomic E-state index is 0.212. The number of fused-ring (bicyclic) bond motifs is 1. The van der Waals surface area contributed by atoms with Crippen molar-refractivity contribution in [3.63, 3.8) is 0 Å². The third-order valence-electron chi connectivity index (χ3n) is 4.75. The Bertz CT molecular complexity index is 1330. The van der Waals surface area contributed by atoms with E-state index >= 15 is 0 Å². The highest BCUT2D eigenvalue weighted by atomic mass is 32.1. The van der Waals surface area contributed by atoms with Crippen LogP contribution in [0.25, 0.3) is 28.0 Å². The van der Waals surface area contributed by atoms with Crippen LogP contribution in [-0.4, -0.2) is 34.6 Å². The molecular formula is C20H16FN7OS. The van der Waals surface area contributed by atoms with Gasteiger partial charge in [-0.2, -0.15) is 21.5 Å². The second kappa shape index (κ2) is 7.30. The van der Waals surface area contributed by atoms with E-state index in [2.05, 4.69) is 20.3 Å². The van der Waals surface area contributed by atoms with Gasteiger partial charge < -0.3 is 4.74 Å². The number of thiophene rings is 1. The second-order valence-corrected chi connectivity index (χ2v) is 7.44. The first kappa shape index (κ1) is 18.4. The van der Waals surface area contributed by atoms with Crippen LogP contribution in [0.4, 0.5) is 4.39 Å². The van der Waals surface area contributed by atoms with E-state index in [1.807, 2.05) is 23.8 Å². The molecular weight excluding hydrogens is 405 g/mol. The Hall–Kier alpha value is -3.66.